The molecule has 1 atom stereocenters. The van der Waals surface area contributed by atoms with E-state index in [1.807, 2.05) is 36.4 Å². The van der Waals surface area contributed by atoms with Gasteiger partial charge < -0.3 is 19.2 Å². The summed E-state index contributed by atoms with van der Waals surface area (Å²) in [6.07, 6.45) is 1.97. The van der Waals surface area contributed by atoms with E-state index in [1.165, 1.54) is 17.2 Å². The molecule has 0 spiro atoms. The molecule has 6 heteroatoms. The van der Waals surface area contributed by atoms with Crippen LogP contribution in [0, 0.1) is 0 Å². The first-order valence-corrected chi connectivity index (χ1v) is 9.60. The molecule has 0 saturated carbocycles. The highest BCUT2D eigenvalue weighted by atomic mass is 16.5. The lowest BCUT2D eigenvalue weighted by Gasteiger charge is -2.27. The largest absolute Gasteiger partial charge is 0.503 e. The van der Waals surface area contributed by atoms with E-state index < -0.39 is 23.5 Å². The van der Waals surface area contributed by atoms with E-state index in [-0.39, 0.29) is 11.3 Å². The summed E-state index contributed by atoms with van der Waals surface area (Å²) in [6, 6.07) is 19.3. The molecule has 0 radical (unpaired) electrons. The number of nitrogens with zero attached hydrogens (tertiary/aromatic N) is 1. The quantitative estimate of drug-likeness (QED) is 0.601. The van der Waals surface area contributed by atoms with Crippen LogP contribution >= 0.6 is 0 Å². The van der Waals surface area contributed by atoms with Gasteiger partial charge in [0.15, 0.2) is 11.5 Å². The number of benzene rings is 2. The van der Waals surface area contributed by atoms with E-state index in [0.29, 0.717) is 24.3 Å². The number of ether oxygens (including phenoxy) is 1. The molecule has 0 fully saturated rings. The van der Waals surface area contributed by atoms with Gasteiger partial charge in [-0.2, -0.15) is 0 Å². The SMILES string of the molecule is COc1cccc(C2C(C(=O)c3ccco3)=C(O)C(=O)N2CCc2ccccc2)c1. The summed E-state index contributed by atoms with van der Waals surface area (Å²) in [7, 11) is 1.55. The summed E-state index contributed by atoms with van der Waals surface area (Å²) in [5, 5.41) is 10.6. The number of amides is 1. The summed E-state index contributed by atoms with van der Waals surface area (Å²) in [6.45, 7) is 0.337. The first-order valence-electron chi connectivity index (χ1n) is 9.60. The summed E-state index contributed by atoms with van der Waals surface area (Å²) < 4.78 is 10.6. The van der Waals surface area contributed by atoms with E-state index in [4.69, 9.17) is 9.15 Å². The zero-order valence-electron chi connectivity index (χ0n) is 16.4. The molecule has 30 heavy (non-hydrogen) atoms. The van der Waals surface area contributed by atoms with Crippen LogP contribution in [0.2, 0.25) is 0 Å². The minimum absolute atomic E-state index is 0.0104. The minimum atomic E-state index is -0.742. The molecule has 152 valence electrons. The number of hydrogen-bond acceptors (Lipinski definition) is 5. The molecule has 0 bridgehead atoms. The number of aliphatic hydroxyl groups is 1. The molecule has 1 N–H and O–H groups in total. The van der Waals surface area contributed by atoms with Gasteiger partial charge in [-0.25, -0.2) is 0 Å². The monoisotopic (exact) mass is 403 g/mol. The van der Waals surface area contributed by atoms with Gasteiger partial charge in [0, 0.05) is 6.54 Å². The Morgan fingerprint density at radius 3 is 2.60 bits per heavy atom. The Kier molecular flexibility index (Phi) is 5.39. The highest BCUT2D eigenvalue weighted by Gasteiger charge is 2.44. The van der Waals surface area contributed by atoms with Crippen LogP contribution in [0.5, 0.6) is 5.75 Å². The number of methoxy groups -OCH3 is 1. The Balaban J connectivity index is 1.73. The first-order chi connectivity index (χ1) is 14.6. The average Bonchev–Trinajstić information content (AvgIpc) is 3.40. The Morgan fingerprint density at radius 2 is 1.90 bits per heavy atom. The van der Waals surface area contributed by atoms with Crippen molar-refractivity contribution in [1.29, 1.82) is 0 Å². The highest BCUT2D eigenvalue weighted by Crippen LogP contribution is 2.40. The fourth-order valence-corrected chi connectivity index (χ4v) is 3.71. The summed E-state index contributed by atoms with van der Waals surface area (Å²) >= 11 is 0. The van der Waals surface area contributed by atoms with Crippen LogP contribution in [-0.4, -0.2) is 35.4 Å². The van der Waals surface area contributed by atoms with Gasteiger partial charge in [0.2, 0.25) is 5.78 Å². The molecule has 6 nitrogen and oxygen atoms in total. The molecular formula is C24H21NO5. The van der Waals surface area contributed by atoms with Crippen LogP contribution in [0.25, 0.3) is 0 Å². The predicted molar refractivity (Wildman–Crippen MR) is 110 cm³/mol. The second-order valence-corrected chi connectivity index (χ2v) is 6.98. The molecule has 1 unspecified atom stereocenters. The molecule has 3 aromatic rings. The summed E-state index contributed by atoms with van der Waals surface area (Å²) in [5.74, 6) is -0.965. The van der Waals surface area contributed by atoms with E-state index >= 15 is 0 Å². The Labute approximate surface area is 174 Å². The zero-order chi connectivity index (χ0) is 21.1. The van der Waals surface area contributed by atoms with Crippen LogP contribution in [-0.2, 0) is 11.2 Å². The topological polar surface area (TPSA) is 80.0 Å². The van der Waals surface area contributed by atoms with Gasteiger partial charge in [-0.1, -0.05) is 42.5 Å². The Bertz CT molecular complexity index is 1090. The number of carbonyl (C=O) groups excluding carboxylic acids is 2. The maximum atomic E-state index is 13.1. The van der Waals surface area contributed by atoms with Gasteiger partial charge in [0.1, 0.15) is 5.75 Å². The molecule has 2 aromatic carbocycles. The highest BCUT2D eigenvalue weighted by molar-refractivity contribution is 6.15. The molecule has 0 aliphatic carbocycles. The van der Waals surface area contributed by atoms with Crippen LogP contribution in [0.4, 0.5) is 0 Å². The average molecular weight is 403 g/mol. The third-order valence-corrected chi connectivity index (χ3v) is 5.19. The summed E-state index contributed by atoms with van der Waals surface area (Å²) in [5.41, 5.74) is 1.74. The minimum Gasteiger partial charge on any atom is -0.503 e. The van der Waals surface area contributed by atoms with Crippen molar-refractivity contribution >= 4 is 11.7 Å². The molecule has 1 aromatic heterocycles. The van der Waals surface area contributed by atoms with Crippen molar-refractivity contribution in [2.45, 2.75) is 12.5 Å². The third kappa shape index (κ3) is 3.59. The van der Waals surface area contributed by atoms with Gasteiger partial charge in [0.05, 0.1) is 25.0 Å². The van der Waals surface area contributed by atoms with Crippen molar-refractivity contribution in [2.24, 2.45) is 0 Å². The number of carbonyl (C=O) groups is 2. The lowest BCUT2D eigenvalue weighted by atomic mass is 9.94. The summed E-state index contributed by atoms with van der Waals surface area (Å²) in [4.78, 5) is 27.6. The molecule has 1 amide bonds. The number of Topliss-reactive ketones (excluding diaryl/α,β-unsaturated/α-hetero) is 1. The van der Waals surface area contributed by atoms with E-state index in [2.05, 4.69) is 0 Å². The number of furan rings is 1. The van der Waals surface area contributed by atoms with Gasteiger partial charge in [-0.3, -0.25) is 9.59 Å². The maximum Gasteiger partial charge on any atom is 0.290 e. The van der Waals surface area contributed by atoms with Crippen molar-refractivity contribution in [3.8, 4) is 5.75 Å². The number of ketones is 1. The van der Waals surface area contributed by atoms with Crippen LogP contribution < -0.4 is 4.74 Å². The van der Waals surface area contributed by atoms with Gasteiger partial charge >= 0.3 is 0 Å². The van der Waals surface area contributed by atoms with E-state index in [1.54, 1.807) is 31.4 Å². The smallest absolute Gasteiger partial charge is 0.290 e. The van der Waals surface area contributed by atoms with Crippen LogP contribution in [0.15, 0.2) is 88.7 Å². The van der Waals surface area contributed by atoms with Crippen molar-refractivity contribution in [3.63, 3.8) is 0 Å². The maximum absolute atomic E-state index is 13.1. The van der Waals surface area contributed by atoms with Gasteiger partial charge in [-0.05, 0) is 41.8 Å². The molecule has 2 heterocycles. The third-order valence-electron chi connectivity index (χ3n) is 5.19. The van der Waals surface area contributed by atoms with Crippen molar-refractivity contribution in [2.75, 3.05) is 13.7 Å². The van der Waals surface area contributed by atoms with E-state index in [0.717, 1.165) is 5.56 Å². The van der Waals surface area contributed by atoms with Gasteiger partial charge in [-0.15, -0.1) is 0 Å². The first kappa shape index (κ1) is 19.5. The predicted octanol–water partition coefficient (Wildman–Crippen LogP) is 4.11. The molecule has 4 rings (SSSR count). The van der Waals surface area contributed by atoms with Crippen LogP contribution in [0.1, 0.15) is 27.7 Å². The number of aliphatic hydroxyl groups excluding tert-OH is 1. The Morgan fingerprint density at radius 1 is 1.10 bits per heavy atom. The number of rotatable bonds is 7. The zero-order valence-corrected chi connectivity index (χ0v) is 16.4. The fourth-order valence-electron chi connectivity index (χ4n) is 3.71. The van der Waals surface area contributed by atoms with Crippen molar-refractivity contribution < 1.29 is 23.8 Å². The van der Waals surface area contributed by atoms with Crippen molar-refractivity contribution in [3.05, 3.63) is 101 Å². The number of hydrogen-bond donors (Lipinski definition) is 1. The Hall–Kier alpha value is -3.80. The molecule has 1 aliphatic rings. The molecular weight excluding hydrogens is 382 g/mol. The second-order valence-electron chi connectivity index (χ2n) is 6.98. The molecule has 1 aliphatic heterocycles. The van der Waals surface area contributed by atoms with Gasteiger partial charge in [0.25, 0.3) is 5.91 Å². The van der Waals surface area contributed by atoms with E-state index in [9.17, 15) is 14.7 Å². The second kappa shape index (κ2) is 8.29. The lowest BCUT2D eigenvalue weighted by Crippen LogP contribution is -2.33. The fraction of sp³-hybridized carbons (Fsp3) is 0.167. The molecule has 0 saturated heterocycles. The normalized spacial score (nSPS) is 16.2. The van der Waals surface area contributed by atoms with Crippen molar-refractivity contribution in [1.82, 2.24) is 4.90 Å². The standard InChI is InChI=1S/C24H21NO5/c1-29-18-10-5-9-17(15-18)21-20(22(26)19-11-6-14-30-19)23(27)24(28)25(21)13-12-16-7-3-2-4-8-16/h2-11,14-15,21,27H,12-13H2,1H3. The van der Waals surface area contributed by atoms with Crippen LogP contribution in [0.3, 0.4) is 0 Å². The lowest BCUT2D eigenvalue weighted by molar-refractivity contribution is -0.129.